The Morgan fingerprint density at radius 3 is 2.22 bits per heavy atom. The molecule has 6 heteroatoms. The van der Waals surface area contributed by atoms with Crippen LogP contribution in [0.2, 0.25) is 0 Å². The van der Waals surface area contributed by atoms with E-state index in [9.17, 15) is 9.90 Å². The van der Waals surface area contributed by atoms with Gasteiger partial charge in [0, 0.05) is 38.3 Å². The number of hydrogen-bond donors (Lipinski definition) is 1. The number of phenols is 1. The lowest BCUT2D eigenvalue weighted by Gasteiger charge is -2.36. The number of phenolic OH excluding ortho intramolecular Hbond substituents is 1. The first-order valence-corrected chi connectivity index (χ1v) is 9.24. The number of benzene rings is 2. The molecule has 1 N–H and O–H groups in total. The minimum atomic E-state index is 0.179. The zero-order valence-corrected chi connectivity index (χ0v) is 15.6. The van der Waals surface area contributed by atoms with E-state index in [4.69, 9.17) is 9.47 Å². The summed E-state index contributed by atoms with van der Waals surface area (Å²) >= 11 is 0. The predicted octanol–water partition coefficient (Wildman–Crippen LogP) is 2.91. The maximum atomic E-state index is 12.4. The maximum Gasteiger partial charge on any atom is 0.222 e. The molecule has 1 heterocycles. The summed E-state index contributed by atoms with van der Waals surface area (Å²) in [4.78, 5) is 16.5. The molecule has 27 heavy (non-hydrogen) atoms. The van der Waals surface area contributed by atoms with Crippen LogP contribution in [-0.4, -0.2) is 55.8 Å². The van der Waals surface area contributed by atoms with Crippen LogP contribution in [-0.2, 0) is 4.79 Å². The standard InChI is InChI=1S/C21H26N2O4/c1-26-19-8-10-20(11-9-19)27-16-2-3-21(25)23-14-12-22(13-15-23)17-4-6-18(24)7-5-17/h4-11,24H,2-3,12-16H2,1H3. The van der Waals surface area contributed by atoms with Crippen molar-refractivity contribution in [2.75, 3.05) is 44.8 Å². The Labute approximate surface area is 159 Å². The number of anilines is 1. The van der Waals surface area contributed by atoms with Gasteiger partial charge in [-0.25, -0.2) is 0 Å². The molecule has 0 aliphatic carbocycles. The molecule has 1 saturated heterocycles. The predicted molar refractivity (Wildman–Crippen MR) is 105 cm³/mol. The van der Waals surface area contributed by atoms with E-state index in [1.165, 1.54) is 0 Å². The third kappa shape index (κ3) is 5.29. The molecule has 144 valence electrons. The lowest BCUT2D eigenvalue weighted by Crippen LogP contribution is -2.48. The first-order chi connectivity index (χ1) is 13.2. The van der Waals surface area contributed by atoms with Crippen molar-refractivity contribution in [2.24, 2.45) is 0 Å². The molecule has 0 bridgehead atoms. The Balaban J connectivity index is 1.36. The molecule has 1 aliphatic rings. The number of hydrogen-bond acceptors (Lipinski definition) is 5. The highest BCUT2D eigenvalue weighted by Crippen LogP contribution is 2.20. The van der Waals surface area contributed by atoms with Gasteiger partial charge in [-0.2, -0.15) is 0 Å². The van der Waals surface area contributed by atoms with Crippen molar-refractivity contribution < 1.29 is 19.4 Å². The fourth-order valence-corrected chi connectivity index (χ4v) is 3.12. The topological polar surface area (TPSA) is 62.2 Å². The molecular formula is C21H26N2O4. The van der Waals surface area contributed by atoms with Gasteiger partial charge in [0.1, 0.15) is 17.2 Å². The number of methoxy groups -OCH3 is 1. The van der Waals surface area contributed by atoms with Crippen molar-refractivity contribution in [1.82, 2.24) is 4.90 Å². The van der Waals surface area contributed by atoms with Crippen molar-refractivity contribution in [3.63, 3.8) is 0 Å². The molecule has 0 atom stereocenters. The van der Waals surface area contributed by atoms with E-state index in [0.717, 1.165) is 43.4 Å². The van der Waals surface area contributed by atoms with Crippen LogP contribution in [0.1, 0.15) is 12.8 Å². The van der Waals surface area contributed by atoms with Gasteiger partial charge in [0.15, 0.2) is 0 Å². The molecular weight excluding hydrogens is 344 g/mol. The minimum absolute atomic E-state index is 0.179. The van der Waals surface area contributed by atoms with Crippen LogP contribution in [0.4, 0.5) is 5.69 Å². The Bertz CT molecular complexity index is 723. The summed E-state index contributed by atoms with van der Waals surface area (Å²) in [7, 11) is 1.63. The summed E-state index contributed by atoms with van der Waals surface area (Å²) in [5.41, 5.74) is 1.08. The van der Waals surface area contributed by atoms with Crippen LogP contribution >= 0.6 is 0 Å². The third-order valence-corrected chi connectivity index (χ3v) is 4.71. The van der Waals surface area contributed by atoms with E-state index in [-0.39, 0.29) is 11.7 Å². The summed E-state index contributed by atoms with van der Waals surface area (Å²) in [5.74, 6) is 2.03. The molecule has 2 aromatic rings. The van der Waals surface area contributed by atoms with Gasteiger partial charge in [-0.3, -0.25) is 4.79 Å². The maximum absolute atomic E-state index is 12.4. The average Bonchev–Trinajstić information content (AvgIpc) is 2.72. The van der Waals surface area contributed by atoms with E-state index in [2.05, 4.69) is 4.90 Å². The smallest absolute Gasteiger partial charge is 0.222 e. The van der Waals surface area contributed by atoms with Crippen LogP contribution in [0, 0.1) is 0 Å². The summed E-state index contributed by atoms with van der Waals surface area (Å²) in [6.45, 7) is 3.57. The molecule has 0 radical (unpaired) electrons. The third-order valence-electron chi connectivity index (χ3n) is 4.71. The highest BCUT2D eigenvalue weighted by atomic mass is 16.5. The second-order valence-corrected chi connectivity index (χ2v) is 6.51. The van der Waals surface area contributed by atoms with Crippen molar-refractivity contribution in [3.05, 3.63) is 48.5 Å². The van der Waals surface area contributed by atoms with Gasteiger partial charge in [0.2, 0.25) is 5.91 Å². The SMILES string of the molecule is COc1ccc(OCCCC(=O)N2CCN(c3ccc(O)cc3)CC2)cc1. The number of carbonyl (C=O) groups excluding carboxylic acids is 1. The van der Waals surface area contributed by atoms with E-state index in [0.29, 0.717) is 19.4 Å². The largest absolute Gasteiger partial charge is 0.508 e. The molecule has 0 saturated carbocycles. The number of aromatic hydroxyl groups is 1. The Morgan fingerprint density at radius 2 is 1.59 bits per heavy atom. The van der Waals surface area contributed by atoms with Gasteiger partial charge in [-0.05, 0) is 55.0 Å². The van der Waals surface area contributed by atoms with Crippen LogP contribution in [0.3, 0.4) is 0 Å². The zero-order chi connectivity index (χ0) is 19.1. The fourth-order valence-electron chi connectivity index (χ4n) is 3.12. The molecule has 1 amide bonds. The van der Waals surface area contributed by atoms with Crippen molar-refractivity contribution in [1.29, 1.82) is 0 Å². The molecule has 0 unspecified atom stereocenters. The Kier molecular flexibility index (Phi) is 6.41. The molecule has 0 spiro atoms. The Hall–Kier alpha value is -2.89. The Morgan fingerprint density at radius 1 is 0.963 bits per heavy atom. The number of carbonyl (C=O) groups is 1. The van der Waals surface area contributed by atoms with E-state index in [1.54, 1.807) is 19.2 Å². The zero-order valence-electron chi connectivity index (χ0n) is 15.6. The van der Waals surface area contributed by atoms with Crippen molar-refractivity contribution >= 4 is 11.6 Å². The molecule has 3 rings (SSSR count). The van der Waals surface area contributed by atoms with Gasteiger partial charge in [0.25, 0.3) is 0 Å². The first-order valence-electron chi connectivity index (χ1n) is 9.24. The number of ether oxygens (including phenoxy) is 2. The van der Waals surface area contributed by atoms with Crippen molar-refractivity contribution in [3.8, 4) is 17.2 Å². The van der Waals surface area contributed by atoms with Gasteiger partial charge in [-0.15, -0.1) is 0 Å². The normalized spacial score (nSPS) is 14.1. The first kappa shape index (κ1) is 18.9. The summed E-state index contributed by atoms with van der Waals surface area (Å²) in [5, 5.41) is 9.38. The van der Waals surface area contributed by atoms with Gasteiger partial charge >= 0.3 is 0 Å². The van der Waals surface area contributed by atoms with Gasteiger partial charge < -0.3 is 24.4 Å². The van der Waals surface area contributed by atoms with E-state index >= 15 is 0 Å². The van der Waals surface area contributed by atoms with Crippen molar-refractivity contribution in [2.45, 2.75) is 12.8 Å². The number of rotatable bonds is 7. The monoisotopic (exact) mass is 370 g/mol. The summed E-state index contributed by atoms with van der Waals surface area (Å²) in [6.07, 6.45) is 1.19. The molecule has 0 aromatic heterocycles. The van der Waals surface area contributed by atoms with Crippen LogP contribution in [0.25, 0.3) is 0 Å². The highest BCUT2D eigenvalue weighted by Gasteiger charge is 2.20. The average molecular weight is 370 g/mol. The van der Waals surface area contributed by atoms with Gasteiger partial charge in [-0.1, -0.05) is 0 Å². The quantitative estimate of drug-likeness (QED) is 0.760. The molecule has 2 aromatic carbocycles. The number of piperazine rings is 1. The lowest BCUT2D eigenvalue weighted by atomic mass is 10.2. The number of nitrogens with zero attached hydrogens (tertiary/aromatic N) is 2. The second kappa shape index (κ2) is 9.16. The van der Waals surface area contributed by atoms with E-state index in [1.807, 2.05) is 41.3 Å². The van der Waals surface area contributed by atoms with Crippen LogP contribution < -0.4 is 14.4 Å². The van der Waals surface area contributed by atoms with Crippen LogP contribution in [0.5, 0.6) is 17.2 Å². The lowest BCUT2D eigenvalue weighted by molar-refractivity contribution is -0.131. The number of amides is 1. The minimum Gasteiger partial charge on any atom is -0.508 e. The summed E-state index contributed by atoms with van der Waals surface area (Å²) < 4.78 is 10.8. The fraction of sp³-hybridized carbons (Fsp3) is 0.381. The molecule has 1 fully saturated rings. The molecule has 6 nitrogen and oxygen atoms in total. The van der Waals surface area contributed by atoms with Gasteiger partial charge in [0.05, 0.1) is 13.7 Å². The molecule has 1 aliphatic heterocycles. The van der Waals surface area contributed by atoms with Crippen LogP contribution in [0.15, 0.2) is 48.5 Å². The highest BCUT2D eigenvalue weighted by molar-refractivity contribution is 5.76. The summed E-state index contributed by atoms with van der Waals surface area (Å²) in [6, 6.07) is 14.6. The second-order valence-electron chi connectivity index (χ2n) is 6.51. The van der Waals surface area contributed by atoms with E-state index < -0.39 is 0 Å².